The maximum absolute atomic E-state index is 12.0. The van der Waals surface area contributed by atoms with Gasteiger partial charge in [0.15, 0.2) is 0 Å². The van der Waals surface area contributed by atoms with Crippen molar-refractivity contribution >= 4 is 11.9 Å². The van der Waals surface area contributed by atoms with Crippen LogP contribution in [0.15, 0.2) is 35.9 Å². The second kappa shape index (κ2) is 10.6. The zero-order chi connectivity index (χ0) is 17.1. The predicted octanol–water partition coefficient (Wildman–Crippen LogP) is 4.55. The van der Waals surface area contributed by atoms with E-state index in [0.29, 0.717) is 17.7 Å². The molecule has 126 valence electrons. The van der Waals surface area contributed by atoms with E-state index in [1.807, 2.05) is 19.9 Å². The van der Waals surface area contributed by atoms with Crippen molar-refractivity contribution in [2.24, 2.45) is 0 Å². The summed E-state index contributed by atoms with van der Waals surface area (Å²) in [5, 5.41) is 0. The molecule has 0 fully saturated rings. The normalized spacial score (nSPS) is 10.0. The molecule has 1 aromatic carbocycles. The summed E-state index contributed by atoms with van der Waals surface area (Å²) in [6.07, 6.45) is 6.03. The van der Waals surface area contributed by atoms with Gasteiger partial charge in [0.25, 0.3) is 0 Å². The fourth-order valence-corrected chi connectivity index (χ4v) is 1.92. The third kappa shape index (κ3) is 7.63. The molecule has 1 rings (SSSR count). The number of carbonyl (C=O) groups excluding carboxylic acids is 2. The molecule has 4 heteroatoms. The van der Waals surface area contributed by atoms with Gasteiger partial charge in [-0.3, -0.25) is 0 Å². The van der Waals surface area contributed by atoms with Crippen LogP contribution in [0.3, 0.4) is 0 Å². The number of carbonyl (C=O) groups is 2. The van der Waals surface area contributed by atoms with Gasteiger partial charge in [0, 0.05) is 0 Å². The molecule has 0 aliphatic heterocycles. The van der Waals surface area contributed by atoms with Crippen molar-refractivity contribution < 1.29 is 19.1 Å². The minimum atomic E-state index is -0.444. The smallest absolute Gasteiger partial charge is 0.338 e. The molecule has 0 N–H and O–H groups in total. The predicted molar refractivity (Wildman–Crippen MR) is 90.6 cm³/mol. The Morgan fingerprint density at radius 3 is 2.26 bits per heavy atom. The Hall–Kier alpha value is -2.10. The van der Waals surface area contributed by atoms with Crippen molar-refractivity contribution in [3.63, 3.8) is 0 Å². The number of hydrogen-bond donors (Lipinski definition) is 0. The first-order chi connectivity index (χ1) is 11.0. The minimum absolute atomic E-state index is 0.229. The van der Waals surface area contributed by atoms with Gasteiger partial charge in [0.1, 0.15) is 6.61 Å². The average molecular weight is 318 g/mol. The Labute approximate surface area is 138 Å². The van der Waals surface area contributed by atoms with Crippen LogP contribution in [0.5, 0.6) is 0 Å². The van der Waals surface area contributed by atoms with Gasteiger partial charge in [-0.1, -0.05) is 37.8 Å². The van der Waals surface area contributed by atoms with E-state index in [-0.39, 0.29) is 6.61 Å². The number of rotatable bonds is 9. The third-order valence-electron chi connectivity index (χ3n) is 3.27. The number of ether oxygens (including phenoxy) is 2. The second-order valence-corrected chi connectivity index (χ2v) is 5.66. The maximum atomic E-state index is 12.0. The summed E-state index contributed by atoms with van der Waals surface area (Å²) in [4.78, 5) is 23.9. The number of hydrogen-bond acceptors (Lipinski definition) is 4. The number of unbranched alkanes of at least 4 members (excludes halogenated alkanes) is 3. The lowest BCUT2D eigenvalue weighted by Gasteiger charge is -2.06. The zero-order valence-electron chi connectivity index (χ0n) is 14.3. The summed E-state index contributed by atoms with van der Waals surface area (Å²) < 4.78 is 10.4. The average Bonchev–Trinajstić information content (AvgIpc) is 2.54. The summed E-state index contributed by atoms with van der Waals surface area (Å²) in [6, 6.07) is 6.44. The van der Waals surface area contributed by atoms with E-state index < -0.39 is 11.9 Å². The van der Waals surface area contributed by atoms with E-state index in [1.165, 1.54) is 6.07 Å². The van der Waals surface area contributed by atoms with Crippen LogP contribution < -0.4 is 0 Å². The first-order valence-electron chi connectivity index (χ1n) is 8.12. The molecule has 0 saturated carbocycles. The van der Waals surface area contributed by atoms with Gasteiger partial charge in [-0.05, 0) is 44.5 Å². The van der Waals surface area contributed by atoms with Crippen LogP contribution in [0.2, 0.25) is 0 Å². The largest absolute Gasteiger partial charge is 0.462 e. The number of esters is 2. The molecule has 0 amide bonds. The maximum Gasteiger partial charge on any atom is 0.338 e. The highest BCUT2D eigenvalue weighted by Crippen LogP contribution is 2.09. The van der Waals surface area contributed by atoms with Crippen molar-refractivity contribution in [3.8, 4) is 0 Å². The Morgan fingerprint density at radius 2 is 1.65 bits per heavy atom. The van der Waals surface area contributed by atoms with Crippen molar-refractivity contribution in [2.75, 3.05) is 13.2 Å². The molecule has 0 unspecified atom stereocenters. The molecule has 0 heterocycles. The molecule has 1 aromatic rings. The Morgan fingerprint density at radius 1 is 1.00 bits per heavy atom. The van der Waals surface area contributed by atoms with E-state index in [1.54, 1.807) is 18.2 Å². The van der Waals surface area contributed by atoms with Gasteiger partial charge in [0.05, 0.1) is 17.7 Å². The van der Waals surface area contributed by atoms with Crippen LogP contribution >= 0.6 is 0 Å². The van der Waals surface area contributed by atoms with Crippen LogP contribution in [-0.4, -0.2) is 25.2 Å². The highest BCUT2D eigenvalue weighted by atomic mass is 16.5. The lowest BCUT2D eigenvalue weighted by molar-refractivity contribution is 0.0498. The highest BCUT2D eigenvalue weighted by molar-refractivity contribution is 5.95. The summed E-state index contributed by atoms with van der Waals surface area (Å²) in [5.41, 5.74) is 1.81. The lowest BCUT2D eigenvalue weighted by atomic mass is 10.1. The van der Waals surface area contributed by atoms with Crippen molar-refractivity contribution in [2.45, 2.75) is 46.5 Å². The van der Waals surface area contributed by atoms with Crippen LogP contribution in [0.1, 0.15) is 67.2 Å². The van der Waals surface area contributed by atoms with E-state index in [2.05, 4.69) is 6.92 Å². The fraction of sp³-hybridized carbons (Fsp3) is 0.474. The van der Waals surface area contributed by atoms with Crippen molar-refractivity contribution in [1.82, 2.24) is 0 Å². The summed E-state index contributed by atoms with van der Waals surface area (Å²) in [5.74, 6) is -0.847. The molecule has 23 heavy (non-hydrogen) atoms. The molecule has 0 atom stereocenters. The quantitative estimate of drug-likeness (QED) is 0.381. The molecule has 0 saturated heterocycles. The Balaban J connectivity index is 2.53. The monoisotopic (exact) mass is 318 g/mol. The van der Waals surface area contributed by atoms with Gasteiger partial charge in [-0.25, -0.2) is 9.59 Å². The van der Waals surface area contributed by atoms with E-state index in [4.69, 9.17) is 9.47 Å². The van der Waals surface area contributed by atoms with Crippen molar-refractivity contribution in [3.05, 3.63) is 47.0 Å². The molecule has 0 spiro atoms. The highest BCUT2D eigenvalue weighted by Gasteiger charge is 2.12. The van der Waals surface area contributed by atoms with Gasteiger partial charge in [-0.15, -0.1) is 0 Å². The van der Waals surface area contributed by atoms with Gasteiger partial charge in [0.2, 0.25) is 0 Å². The summed E-state index contributed by atoms with van der Waals surface area (Å²) in [7, 11) is 0. The molecule has 0 aromatic heterocycles. The minimum Gasteiger partial charge on any atom is -0.462 e. The number of allylic oxidation sites excluding steroid dienone is 1. The van der Waals surface area contributed by atoms with E-state index in [9.17, 15) is 9.59 Å². The molecule has 0 bridgehead atoms. The SMILES string of the molecule is CCCCCCOC(=O)c1cccc(C(=O)OCC=C(C)C)c1. The third-order valence-corrected chi connectivity index (χ3v) is 3.27. The van der Waals surface area contributed by atoms with Gasteiger partial charge < -0.3 is 9.47 Å². The molecule has 0 aliphatic carbocycles. The van der Waals surface area contributed by atoms with Crippen LogP contribution in [0.25, 0.3) is 0 Å². The first kappa shape index (κ1) is 18.9. The van der Waals surface area contributed by atoms with Gasteiger partial charge in [-0.2, -0.15) is 0 Å². The Kier molecular flexibility index (Phi) is 8.73. The molecule has 4 nitrogen and oxygen atoms in total. The Bertz CT molecular complexity index is 542. The summed E-state index contributed by atoms with van der Waals surface area (Å²) in [6.45, 7) is 6.64. The zero-order valence-corrected chi connectivity index (χ0v) is 14.3. The second-order valence-electron chi connectivity index (χ2n) is 5.66. The standard InChI is InChI=1S/C19H26O4/c1-4-5-6-7-12-22-18(20)16-9-8-10-17(14-16)19(21)23-13-11-15(2)3/h8-11,14H,4-7,12-13H2,1-3H3. The molecular weight excluding hydrogens is 292 g/mol. The summed E-state index contributed by atoms with van der Waals surface area (Å²) >= 11 is 0. The fourth-order valence-electron chi connectivity index (χ4n) is 1.92. The topological polar surface area (TPSA) is 52.6 Å². The van der Waals surface area contributed by atoms with E-state index >= 15 is 0 Å². The van der Waals surface area contributed by atoms with Crippen LogP contribution in [0.4, 0.5) is 0 Å². The van der Waals surface area contributed by atoms with Gasteiger partial charge >= 0.3 is 11.9 Å². The lowest BCUT2D eigenvalue weighted by Crippen LogP contribution is -2.10. The number of benzene rings is 1. The molecular formula is C19H26O4. The van der Waals surface area contributed by atoms with Crippen molar-refractivity contribution in [1.29, 1.82) is 0 Å². The first-order valence-corrected chi connectivity index (χ1v) is 8.12. The van der Waals surface area contributed by atoms with Crippen LogP contribution in [0, 0.1) is 0 Å². The van der Waals surface area contributed by atoms with Crippen LogP contribution in [-0.2, 0) is 9.47 Å². The molecule has 0 radical (unpaired) electrons. The molecule has 0 aliphatic rings. The van der Waals surface area contributed by atoms with E-state index in [0.717, 1.165) is 31.3 Å².